The average Bonchev–Trinajstić information content (AvgIpc) is 0.815. The summed E-state index contributed by atoms with van der Waals surface area (Å²) < 4.78 is 0. The number of nitrogens with zero attached hydrogens (tertiary/aromatic N) is 2. The predicted molar refractivity (Wildman–Crippen MR) is 555 cm³/mol. The summed E-state index contributed by atoms with van der Waals surface area (Å²) in [6.45, 7) is 8.91. The van der Waals surface area contributed by atoms with Crippen molar-refractivity contribution in [3.63, 3.8) is 0 Å². The second-order valence-corrected chi connectivity index (χ2v) is 40.6. The van der Waals surface area contributed by atoms with Gasteiger partial charge in [0.25, 0.3) is 0 Å². The van der Waals surface area contributed by atoms with Crippen LogP contribution in [-0.4, -0.2) is 27.1 Å². The van der Waals surface area contributed by atoms with E-state index < -0.39 is 38.8 Å². The molecule has 16 aromatic carbocycles. The first kappa shape index (κ1) is 98.3. The van der Waals surface area contributed by atoms with Crippen LogP contribution < -0.4 is 69.1 Å². The number of hydrogen-bond acceptors (Lipinski definition) is 4. The summed E-state index contributed by atoms with van der Waals surface area (Å²) in [6, 6.07) is 160. The molecule has 0 fully saturated rings. The fourth-order valence-corrected chi connectivity index (χ4v) is 24.4. The quantitative estimate of drug-likeness (QED) is 0.0510. The number of fused-ring (bicyclic) bond motifs is 2. The maximum absolute atomic E-state index is 8.71. The summed E-state index contributed by atoms with van der Waals surface area (Å²) in [7, 11) is -3.31. The van der Waals surface area contributed by atoms with E-state index in [1.165, 1.54) is 104 Å². The Labute approximate surface area is 789 Å². The van der Waals surface area contributed by atoms with Crippen molar-refractivity contribution in [3.05, 3.63) is 497 Å². The van der Waals surface area contributed by atoms with Gasteiger partial charge in [0.05, 0.1) is 16.7 Å². The summed E-state index contributed by atoms with van der Waals surface area (Å²) in [4.78, 5) is 9.09. The van der Waals surface area contributed by atoms with Gasteiger partial charge < -0.3 is 10.0 Å². The summed E-state index contributed by atoms with van der Waals surface area (Å²) in [5.74, 6) is 1.28. The van der Waals surface area contributed by atoms with E-state index in [1.54, 1.807) is 6.07 Å². The van der Waals surface area contributed by atoms with Crippen molar-refractivity contribution in [2.75, 3.05) is 0 Å². The Morgan fingerprint density at radius 3 is 0.690 bits per heavy atom. The van der Waals surface area contributed by atoms with Gasteiger partial charge in [-0.2, -0.15) is 0 Å². The molecule has 0 atom stereocenters. The van der Waals surface area contributed by atoms with E-state index in [9.17, 15) is 0 Å². The minimum Gasteiger partial charge on any atom is -0.423 e. The fraction of sp³-hybridized carbons (Fsp3) is 0.0811. The summed E-state index contributed by atoms with van der Waals surface area (Å²) in [6.07, 6.45) is 2.14. The van der Waals surface area contributed by atoms with Crippen LogP contribution in [0.1, 0.15) is 46.2 Å². The Bertz CT molecular complexity index is 5290. The molecule has 2 N–H and O–H groups in total. The zero-order chi connectivity index (χ0) is 86.6. The van der Waals surface area contributed by atoms with E-state index in [1.807, 2.05) is 36.4 Å². The maximum atomic E-state index is 8.71. The molecule has 18 aromatic rings. The second kappa shape index (κ2) is 52.4. The van der Waals surface area contributed by atoms with Gasteiger partial charge in [-0.05, 0) is 203 Å². The first-order valence-electron chi connectivity index (χ1n) is 41.1. The normalized spacial score (nSPS) is 10.5. The van der Waals surface area contributed by atoms with Crippen molar-refractivity contribution in [1.29, 1.82) is 0 Å². The van der Waals surface area contributed by atoms with Gasteiger partial charge in [-0.15, -0.1) is 0 Å². The topological polar surface area (TPSA) is 66.2 Å². The summed E-state index contributed by atoms with van der Waals surface area (Å²) in [5.41, 5.74) is 6.81. The van der Waals surface area contributed by atoms with Crippen molar-refractivity contribution in [2.24, 2.45) is 11.8 Å². The van der Waals surface area contributed by atoms with Crippen molar-refractivity contribution < 1.29 is 30.5 Å². The summed E-state index contributed by atoms with van der Waals surface area (Å²) in [5, 5.41) is 39.2. The molecule has 0 radical (unpaired) electrons. The Morgan fingerprint density at radius 2 is 0.468 bits per heavy atom. The Morgan fingerprint density at radius 1 is 0.254 bits per heavy atom. The number of hydrogen-bond donors (Lipinski definition) is 2. The number of benzene rings is 16. The average molecular weight is 1910 g/mol. The number of aromatic nitrogens is 2. The third kappa shape index (κ3) is 30.2. The molecular formula is C111H100BCl5N2O2P4Pd. The fourth-order valence-electron chi connectivity index (χ4n) is 13.9. The molecule has 2 aromatic heterocycles. The Balaban J connectivity index is 0.000000154. The van der Waals surface area contributed by atoms with Crippen molar-refractivity contribution >= 4 is 188 Å². The second-order valence-electron chi connectivity index (χ2n) is 29.6. The van der Waals surface area contributed by atoms with Gasteiger partial charge in [0.2, 0.25) is 0 Å². The molecular weight excluding hydrogens is 1810 g/mol. The van der Waals surface area contributed by atoms with Gasteiger partial charge in [-0.3, -0.25) is 0 Å². The van der Waals surface area contributed by atoms with Gasteiger partial charge in [0.15, 0.2) is 0 Å². The van der Waals surface area contributed by atoms with Crippen molar-refractivity contribution in [3.8, 4) is 11.3 Å². The number of halogens is 5. The molecule has 0 saturated heterocycles. The Kier molecular flexibility index (Phi) is 40.9. The van der Waals surface area contributed by atoms with Gasteiger partial charge >= 0.3 is 7.12 Å². The van der Waals surface area contributed by atoms with E-state index in [0.717, 1.165) is 35.1 Å². The molecule has 0 spiro atoms. The third-order valence-corrected chi connectivity index (χ3v) is 30.2. The van der Waals surface area contributed by atoms with Gasteiger partial charge in [0, 0.05) is 56.8 Å². The SMILES string of the molecule is C.CC(C)Cc1cccc2nc(-c3cc(Cl)cc(Cl)c3)ccc12.CC(C)Cc1cccc2nc(Cl)ccc12.OB(O)c1cc(Cl)cc(Cl)c1.[Pd].c1ccc(P(c2ccccc2)c2ccccc2)cc1.c1ccc(P(c2ccccc2)c2ccccc2)cc1.c1ccc(P(c2ccccc2)c2ccccc2)cc1.c1ccc(P(c2ccccc2)c2ccccc2)cc1. The van der Waals surface area contributed by atoms with Crippen LogP contribution in [0.5, 0.6) is 0 Å². The molecule has 0 aliphatic rings. The molecule has 0 aliphatic carbocycles. The van der Waals surface area contributed by atoms with Crippen LogP contribution in [0.4, 0.5) is 0 Å². The largest absolute Gasteiger partial charge is 0.488 e. The number of pyridine rings is 2. The molecule has 2 heterocycles. The van der Waals surface area contributed by atoms with Crippen LogP contribution in [-0.2, 0) is 33.3 Å². The summed E-state index contributed by atoms with van der Waals surface area (Å²) >= 11 is 29.2. The smallest absolute Gasteiger partial charge is 0.423 e. The molecule has 15 heteroatoms. The van der Waals surface area contributed by atoms with Gasteiger partial charge in [0.1, 0.15) is 5.15 Å². The molecule has 18 rings (SSSR count). The first-order valence-corrected chi connectivity index (χ1v) is 48.4. The molecule has 0 bridgehead atoms. The van der Waals surface area contributed by atoms with Crippen LogP contribution in [0.2, 0.25) is 25.2 Å². The molecule has 126 heavy (non-hydrogen) atoms. The Hall–Kier alpha value is -9.84. The van der Waals surface area contributed by atoms with Crippen molar-refractivity contribution in [2.45, 2.75) is 48.0 Å². The predicted octanol–water partition coefficient (Wildman–Crippen LogP) is 25.6. The van der Waals surface area contributed by atoms with Crippen LogP contribution in [0.3, 0.4) is 0 Å². The minimum atomic E-state index is -1.52. The van der Waals surface area contributed by atoms with E-state index >= 15 is 0 Å². The first-order chi connectivity index (χ1) is 60.6. The van der Waals surface area contributed by atoms with E-state index in [0.29, 0.717) is 42.5 Å². The van der Waals surface area contributed by atoms with Gasteiger partial charge in [-0.1, -0.05) is 487 Å². The van der Waals surface area contributed by atoms with E-state index in [2.05, 4.69) is 433 Å². The molecule has 0 unspecified atom stereocenters. The minimum absolute atomic E-state index is 0. The third-order valence-electron chi connectivity index (χ3n) is 19.4. The molecule has 4 nitrogen and oxygen atoms in total. The van der Waals surface area contributed by atoms with Crippen molar-refractivity contribution in [1.82, 2.24) is 9.97 Å². The van der Waals surface area contributed by atoms with Gasteiger partial charge in [-0.25, -0.2) is 9.97 Å². The van der Waals surface area contributed by atoms with Crippen LogP contribution in [0.25, 0.3) is 33.1 Å². The molecule has 634 valence electrons. The number of rotatable bonds is 18. The van der Waals surface area contributed by atoms with Crippen LogP contribution >= 0.6 is 89.7 Å². The van der Waals surface area contributed by atoms with E-state index in [-0.39, 0.29) is 27.8 Å². The monoisotopic (exact) mass is 1910 g/mol. The standard InChI is InChI=1S/C19H17Cl2N.4C18H15P.C13H14ClN.C6H5BCl2O2.CH4.Pd/c1-12(2)8-13-4-3-5-19-17(13)6-7-18(22-19)14-9-15(20)11-16(21)10-14;4*1-4-10-16(11-5-1)19(17-12-6-2-7-13-17)18-14-8-3-9-15-18;1-9(2)8-10-4-3-5-12-11(10)6-7-13(14)15-12;8-5-1-4(7(10)11)2-6(9)3-5;;/h3-7,9-12H,8H2,1-2H3;4*1-15H;3-7,9H,8H2,1-2H3;1-3,10-11H;1H4;. The molecule has 0 aliphatic heterocycles. The zero-order valence-corrected chi connectivity index (χ0v) is 78.7. The van der Waals surface area contributed by atoms with Crippen LogP contribution in [0.15, 0.2) is 461 Å². The molecule has 0 amide bonds. The van der Waals surface area contributed by atoms with Crippen LogP contribution in [0, 0.1) is 11.8 Å². The zero-order valence-electron chi connectivity index (χ0n) is 69.8. The maximum Gasteiger partial charge on any atom is 0.488 e. The molecule has 0 saturated carbocycles. The van der Waals surface area contributed by atoms with E-state index in [4.69, 9.17) is 73.0 Å².